The molecule has 19 heavy (non-hydrogen) atoms. The molecular formula is C13H9ClFNO3. The van der Waals surface area contributed by atoms with Gasteiger partial charge < -0.3 is 9.47 Å². The highest BCUT2D eigenvalue weighted by molar-refractivity contribution is 6.32. The summed E-state index contributed by atoms with van der Waals surface area (Å²) in [5, 5.41) is 0.109. The van der Waals surface area contributed by atoms with Crippen LogP contribution in [0.2, 0.25) is 5.02 Å². The Balaban J connectivity index is 2.30. The van der Waals surface area contributed by atoms with Crippen LogP contribution < -0.4 is 9.47 Å². The second-order valence-electron chi connectivity index (χ2n) is 3.58. The number of esters is 1. The summed E-state index contributed by atoms with van der Waals surface area (Å²) in [7, 11) is 0. The Morgan fingerprint density at radius 3 is 2.79 bits per heavy atom. The van der Waals surface area contributed by atoms with E-state index in [-0.39, 0.29) is 22.4 Å². The average molecular weight is 282 g/mol. The predicted molar refractivity (Wildman–Crippen MR) is 67.0 cm³/mol. The van der Waals surface area contributed by atoms with Crippen molar-refractivity contribution in [2.45, 2.75) is 6.92 Å². The summed E-state index contributed by atoms with van der Waals surface area (Å²) in [4.78, 5) is 14.8. The van der Waals surface area contributed by atoms with E-state index in [9.17, 15) is 9.18 Å². The van der Waals surface area contributed by atoms with Gasteiger partial charge in [0.2, 0.25) is 0 Å². The fraction of sp³-hybridized carbons (Fsp3) is 0.0769. The molecule has 6 heteroatoms. The third kappa shape index (κ3) is 3.42. The molecule has 2 rings (SSSR count). The predicted octanol–water partition coefficient (Wildman–Crippen LogP) is 3.59. The van der Waals surface area contributed by atoms with E-state index < -0.39 is 11.8 Å². The van der Waals surface area contributed by atoms with Gasteiger partial charge in [-0.25, -0.2) is 9.37 Å². The quantitative estimate of drug-likeness (QED) is 0.807. The highest BCUT2D eigenvalue weighted by atomic mass is 35.5. The highest BCUT2D eigenvalue weighted by Crippen LogP contribution is 2.33. The first kappa shape index (κ1) is 13.3. The summed E-state index contributed by atoms with van der Waals surface area (Å²) >= 11 is 5.84. The van der Waals surface area contributed by atoms with Crippen molar-refractivity contribution in [2.24, 2.45) is 0 Å². The minimum Gasteiger partial charge on any atom is -0.450 e. The maximum atomic E-state index is 12.9. The van der Waals surface area contributed by atoms with Gasteiger partial charge in [0.1, 0.15) is 11.6 Å². The molecule has 0 unspecified atom stereocenters. The number of hydrogen-bond donors (Lipinski definition) is 0. The molecule has 1 aromatic carbocycles. The summed E-state index contributed by atoms with van der Waals surface area (Å²) in [6.45, 7) is 1.25. The second-order valence-corrected chi connectivity index (χ2v) is 3.98. The summed E-state index contributed by atoms with van der Waals surface area (Å²) < 4.78 is 23.3. The fourth-order valence-corrected chi connectivity index (χ4v) is 1.55. The van der Waals surface area contributed by atoms with Crippen LogP contribution in [0.25, 0.3) is 0 Å². The Morgan fingerprint density at radius 2 is 2.11 bits per heavy atom. The Bertz CT molecular complexity index is 619. The van der Waals surface area contributed by atoms with E-state index >= 15 is 0 Å². The first-order valence-corrected chi connectivity index (χ1v) is 5.70. The molecule has 0 saturated heterocycles. The van der Waals surface area contributed by atoms with Crippen LogP contribution in [0.5, 0.6) is 17.4 Å². The molecule has 0 aliphatic carbocycles. The molecule has 0 spiro atoms. The molecule has 0 aliphatic rings. The number of hydrogen-bond acceptors (Lipinski definition) is 4. The molecule has 1 aromatic heterocycles. The van der Waals surface area contributed by atoms with Gasteiger partial charge in [-0.1, -0.05) is 11.6 Å². The zero-order valence-electron chi connectivity index (χ0n) is 9.89. The minimum absolute atomic E-state index is 0.0235. The van der Waals surface area contributed by atoms with Crippen molar-refractivity contribution in [2.75, 3.05) is 0 Å². The van der Waals surface area contributed by atoms with Crippen LogP contribution in [0.15, 0.2) is 36.5 Å². The molecule has 4 nitrogen and oxygen atoms in total. The van der Waals surface area contributed by atoms with Crippen molar-refractivity contribution >= 4 is 17.6 Å². The van der Waals surface area contributed by atoms with Crippen LogP contribution in [0.4, 0.5) is 4.39 Å². The van der Waals surface area contributed by atoms with Gasteiger partial charge >= 0.3 is 5.97 Å². The monoisotopic (exact) mass is 281 g/mol. The van der Waals surface area contributed by atoms with Crippen LogP contribution in [0, 0.1) is 5.82 Å². The number of pyridine rings is 1. The topological polar surface area (TPSA) is 48.4 Å². The molecule has 0 N–H and O–H groups in total. The smallest absolute Gasteiger partial charge is 0.309 e. The molecule has 0 amide bonds. The second kappa shape index (κ2) is 5.67. The lowest BCUT2D eigenvalue weighted by atomic mass is 10.3. The van der Waals surface area contributed by atoms with Crippen LogP contribution in [-0.2, 0) is 4.79 Å². The van der Waals surface area contributed by atoms with Crippen molar-refractivity contribution in [3.8, 4) is 17.4 Å². The summed E-state index contributed by atoms with van der Waals surface area (Å²) in [5.74, 6) is -0.511. The third-order valence-electron chi connectivity index (χ3n) is 2.09. The lowest BCUT2D eigenvalue weighted by Gasteiger charge is -2.10. The number of nitrogens with zero attached hydrogens (tertiary/aromatic N) is 1. The lowest BCUT2D eigenvalue weighted by molar-refractivity contribution is -0.132. The van der Waals surface area contributed by atoms with Gasteiger partial charge in [-0.05, 0) is 30.3 Å². The van der Waals surface area contributed by atoms with E-state index in [1.165, 1.54) is 25.3 Å². The number of halogens is 2. The van der Waals surface area contributed by atoms with Gasteiger partial charge in [0, 0.05) is 13.1 Å². The van der Waals surface area contributed by atoms with Gasteiger partial charge in [-0.15, -0.1) is 0 Å². The number of benzene rings is 1. The molecule has 0 aliphatic heterocycles. The maximum Gasteiger partial charge on any atom is 0.309 e. The van der Waals surface area contributed by atoms with Gasteiger partial charge in [-0.3, -0.25) is 4.79 Å². The Morgan fingerprint density at radius 1 is 1.32 bits per heavy atom. The largest absolute Gasteiger partial charge is 0.450 e. The highest BCUT2D eigenvalue weighted by Gasteiger charge is 2.11. The van der Waals surface area contributed by atoms with Crippen LogP contribution in [0.1, 0.15) is 6.92 Å². The van der Waals surface area contributed by atoms with Crippen molar-refractivity contribution in [3.05, 3.63) is 47.4 Å². The van der Waals surface area contributed by atoms with Crippen molar-refractivity contribution < 1.29 is 18.7 Å². The molecule has 1 heterocycles. The lowest BCUT2D eigenvalue weighted by Crippen LogP contribution is -2.04. The van der Waals surface area contributed by atoms with E-state index in [1.807, 2.05) is 0 Å². The van der Waals surface area contributed by atoms with Gasteiger partial charge in [-0.2, -0.15) is 0 Å². The van der Waals surface area contributed by atoms with Gasteiger partial charge in [0.15, 0.2) is 5.75 Å². The van der Waals surface area contributed by atoms with Crippen molar-refractivity contribution in [3.63, 3.8) is 0 Å². The molecular weight excluding hydrogens is 273 g/mol. The minimum atomic E-state index is -0.520. The molecule has 0 saturated carbocycles. The zero-order chi connectivity index (χ0) is 13.8. The Kier molecular flexibility index (Phi) is 3.97. The first-order valence-electron chi connectivity index (χ1n) is 5.32. The van der Waals surface area contributed by atoms with E-state index in [1.54, 1.807) is 12.1 Å². The number of carbonyl (C=O) groups is 1. The first-order chi connectivity index (χ1) is 9.06. The summed E-state index contributed by atoms with van der Waals surface area (Å²) in [5.41, 5.74) is 0. The van der Waals surface area contributed by atoms with Gasteiger partial charge in [0.25, 0.3) is 5.88 Å². The van der Waals surface area contributed by atoms with E-state index in [4.69, 9.17) is 21.1 Å². The van der Waals surface area contributed by atoms with Crippen molar-refractivity contribution in [1.29, 1.82) is 0 Å². The molecule has 0 atom stereocenters. The average Bonchev–Trinajstić information content (AvgIpc) is 2.34. The Hall–Kier alpha value is -2.14. The molecule has 0 radical (unpaired) electrons. The van der Waals surface area contributed by atoms with E-state index in [2.05, 4.69) is 4.98 Å². The summed E-state index contributed by atoms with van der Waals surface area (Å²) in [6, 6.07) is 6.88. The molecule has 0 bridgehead atoms. The fourth-order valence-electron chi connectivity index (χ4n) is 1.34. The van der Waals surface area contributed by atoms with Crippen LogP contribution >= 0.6 is 11.6 Å². The number of rotatable bonds is 3. The van der Waals surface area contributed by atoms with Crippen molar-refractivity contribution in [1.82, 2.24) is 4.98 Å². The third-order valence-corrected chi connectivity index (χ3v) is 2.39. The van der Waals surface area contributed by atoms with Crippen LogP contribution in [0.3, 0.4) is 0 Å². The zero-order valence-corrected chi connectivity index (χ0v) is 10.6. The Labute approximate surface area is 113 Å². The molecule has 98 valence electrons. The van der Waals surface area contributed by atoms with Gasteiger partial charge in [0.05, 0.1) is 5.02 Å². The molecule has 2 aromatic rings. The SMILES string of the molecule is CC(=O)Oc1ncccc1Oc1ccc(F)cc1Cl. The number of ether oxygens (including phenoxy) is 2. The number of carbonyl (C=O) groups excluding carboxylic acids is 1. The van der Waals surface area contributed by atoms with E-state index in [0.717, 1.165) is 6.07 Å². The normalized spacial score (nSPS) is 10.1. The maximum absolute atomic E-state index is 12.9. The standard InChI is InChI=1S/C13H9ClFNO3/c1-8(17)18-13-12(3-2-6-16-13)19-11-5-4-9(15)7-10(11)14/h2-7H,1H3. The summed E-state index contributed by atoms with van der Waals surface area (Å²) in [6.07, 6.45) is 1.46. The molecule has 0 fully saturated rings. The van der Waals surface area contributed by atoms with E-state index in [0.29, 0.717) is 0 Å². The van der Waals surface area contributed by atoms with Crippen LogP contribution in [-0.4, -0.2) is 11.0 Å². The number of aromatic nitrogens is 1.